The molecule has 0 saturated carbocycles. The van der Waals surface area contributed by atoms with E-state index in [9.17, 15) is 0 Å². The van der Waals surface area contributed by atoms with E-state index < -0.39 is 0 Å². The molecule has 0 spiro atoms. The van der Waals surface area contributed by atoms with E-state index in [1.54, 1.807) is 0 Å². The van der Waals surface area contributed by atoms with Gasteiger partial charge >= 0.3 is 0 Å². The van der Waals surface area contributed by atoms with Gasteiger partial charge in [0, 0.05) is 11.3 Å². The molecule has 0 aliphatic carbocycles. The zero-order valence-electron chi connectivity index (χ0n) is 14.1. The second-order valence-electron chi connectivity index (χ2n) is 5.96. The van der Waals surface area contributed by atoms with Crippen LogP contribution in [0.1, 0.15) is 53.0 Å². The first-order chi connectivity index (χ1) is 9.93. The summed E-state index contributed by atoms with van der Waals surface area (Å²) in [4.78, 5) is 0. The van der Waals surface area contributed by atoms with E-state index in [0.29, 0.717) is 6.61 Å². The number of allylic oxidation sites excluding steroid dienone is 1. The van der Waals surface area contributed by atoms with E-state index in [1.165, 1.54) is 34.9 Å². The summed E-state index contributed by atoms with van der Waals surface area (Å²) >= 11 is 2.70. The third kappa shape index (κ3) is 5.77. The fourth-order valence-electron chi connectivity index (χ4n) is 2.42. The maximum absolute atomic E-state index is 5.52. The summed E-state index contributed by atoms with van der Waals surface area (Å²) in [6, 6.07) is 6.22. The molecule has 2 rings (SSSR count). The van der Waals surface area contributed by atoms with E-state index in [4.69, 9.17) is 4.74 Å². The molecule has 1 N–H and O–H groups in total. The number of benzene rings is 1. The van der Waals surface area contributed by atoms with Crippen LogP contribution in [0.3, 0.4) is 0 Å². The van der Waals surface area contributed by atoms with Gasteiger partial charge in [0.05, 0.1) is 12.1 Å². The van der Waals surface area contributed by atoms with Gasteiger partial charge in [-0.1, -0.05) is 25.8 Å². The van der Waals surface area contributed by atoms with Crippen molar-refractivity contribution in [2.24, 2.45) is 0 Å². The molecule has 0 aromatic heterocycles. The van der Waals surface area contributed by atoms with Gasteiger partial charge in [-0.25, -0.2) is 0 Å². The van der Waals surface area contributed by atoms with Crippen LogP contribution in [0.5, 0.6) is 5.75 Å². The molecule has 1 aliphatic heterocycles. The lowest BCUT2D eigenvalue weighted by atomic mass is 9.91. The second-order valence-corrected chi connectivity index (χ2v) is 6.53. The number of hydrogen-bond donors (Lipinski definition) is 1. The van der Waals surface area contributed by atoms with Crippen LogP contribution in [-0.2, 0) is 0 Å². The van der Waals surface area contributed by atoms with Crippen molar-refractivity contribution >= 4 is 27.6 Å². The van der Waals surface area contributed by atoms with Gasteiger partial charge in [0.2, 0.25) is 0 Å². The predicted octanol–water partition coefficient (Wildman–Crippen LogP) is 5.07. The number of hydrogen-bond acceptors (Lipinski definition) is 2. The highest BCUT2D eigenvalue weighted by Gasteiger charge is 2.22. The van der Waals surface area contributed by atoms with Crippen LogP contribution >= 0.6 is 0 Å². The monoisotopic (exact) mass is 301 g/mol. The maximum atomic E-state index is 5.52. The molecule has 0 bridgehead atoms. The molecule has 114 valence electrons. The van der Waals surface area contributed by atoms with Gasteiger partial charge in [-0.05, 0) is 51.5 Å². The van der Waals surface area contributed by atoms with Crippen molar-refractivity contribution in [3.63, 3.8) is 0 Å². The highest BCUT2D eigenvalue weighted by Crippen LogP contribution is 2.35. The van der Waals surface area contributed by atoms with Crippen molar-refractivity contribution in [3.05, 3.63) is 29.8 Å². The molecule has 0 amide bonds. The largest absolute Gasteiger partial charge is 0.494 e. The average Bonchev–Trinajstić information content (AvgIpc) is 2.40. The number of rotatable bonds is 4. The van der Waals surface area contributed by atoms with Crippen LogP contribution in [0.2, 0.25) is 5.28 Å². The molecule has 0 fully saturated rings. The Bertz CT molecular complexity index is 478. The van der Waals surface area contributed by atoms with Gasteiger partial charge in [-0.15, -0.1) is 5.28 Å². The Morgan fingerprint density at radius 3 is 2.48 bits per heavy atom. The maximum Gasteiger partial charge on any atom is 0.120 e. The first kappa shape index (κ1) is 18.1. The minimum atomic E-state index is 0.0320. The van der Waals surface area contributed by atoms with Crippen molar-refractivity contribution in [3.8, 4) is 5.75 Å². The van der Waals surface area contributed by atoms with Gasteiger partial charge in [0.15, 0.2) is 0 Å². The van der Waals surface area contributed by atoms with Crippen LogP contribution in [0.15, 0.2) is 24.3 Å². The van der Waals surface area contributed by atoms with Crippen molar-refractivity contribution < 1.29 is 4.74 Å². The molecule has 1 aliphatic rings. The summed E-state index contributed by atoms with van der Waals surface area (Å²) in [7, 11) is 0. The summed E-state index contributed by atoms with van der Waals surface area (Å²) in [6.45, 7) is 11.4. The number of fused-ring (bicyclic) bond motifs is 1. The Balaban J connectivity index is 0.000000383. The molecule has 2 nitrogen and oxygen atoms in total. The second kappa shape index (κ2) is 8.51. The highest BCUT2D eigenvalue weighted by molar-refractivity contribution is 6.08. The fraction of sp³-hybridized carbons (Fsp3) is 0.556. The minimum Gasteiger partial charge on any atom is -0.494 e. The third-order valence-electron chi connectivity index (χ3n) is 3.32. The molecule has 0 saturated heterocycles. The molecule has 1 aromatic rings. The predicted molar refractivity (Wildman–Crippen MR) is 94.4 cm³/mol. The average molecular weight is 301 g/mol. The van der Waals surface area contributed by atoms with Crippen LogP contribution in [0.4, 0.5) is 5.69 Å². The summed E-state index contributed by atoms with van der Waals surface area (Å²) in [6.07, 6.45) is 4.93. The number of nitrogens with one attached hydrogen (secondary N) is 1. The first-order valence-electron chi connectivity index (χ1n) is 7.88. The minimum absolute atomic E-state index is 0.0320. The van der Waals surface area contributed by atoms with Crippen LogP contribution < -0.4 is 10.1 Å². The van der Waals surface area contributed by atoms with Crippen LogP contribution in [-0.4, -0.2) is 28.4 Å². The van der Waals surface area contributed by atoms with Gasteiger partial charge in [0.25, 0.3) is 0 Å². The molecule has 21 heavy (non-hydrogen) atoms. The first-order valence-corrected chi connectivity index (χ1v) is 8.70. The van der Waals surface area contributed by atoms with Crippen molar-refractivity contribution in [2.45, 2.75) is 58.3 Å². The van der Waals surface area contributed by atoms with Crippen molar-refractivity contribution in [1.82, 2.24) is 0 Å². The van der Waals surface area contributed by atoms with Crippen molar-refractivity contribution in [1.29, 1.82) is 0 Å². The molecular formula is C18H28AlNO. The Labute approximate surface area is 138 Å². The van der Waals surface area contributed by atoms with Gasteiger partial charge in [0.1, 0.15) is 22.0 Å². The lowest BCUT2D eigenvalue weighted by molar-refractivity contribution is 0.340. The molecule has 3 heteroatoms. The van der Waals surface area contributed by atoms with Gasteiger partial charge in [-0.3, -0.25) is 0 Å². The molecule has 1 heterocycles. The standard InChI is InChI=1S/C14H19NO.C4H9.Al/c1-5-16-11-6-7-13-12(8-11)10(2)9-14(3,4)15-13;1-3-4-2;/h6-9,15H,5H2,1-4H3;1,3-4H2,2H3;. The zero-order chi connectivity index (χ0) is 15.9. The Morgan fingerprint density at radius 1 is 1.24 bits per heavy atom. The van der Waals surface area contributed by atoms with Crippen LogP contribution in [0, 0.1) is 0 Å². The lowest BCUT2D eigenvalue weighted by Crippen LogP contribution is -2.31. The Hall–Kier alpha value is -0.908. The van der Waals surface area contributed by atoms with E-state index in [0.717, 1.165) is 5.75 Å². The number of anilines is 1. The third-order valence-corrected chi connectivity index (χ3v) is 3.73. The SMILES string of the molecule is CCC[CH2][Al].CCOc1ccc2c(c1)C(C)=CC(C)(C)N2. The molecule has 2 radical (unpaired) electrons. The molecular weight excluding hydrogens is 273 g/mol. The van der Waals surface area contributed by atoms with E-state index in [-0.39, 0.29) is 5.54 Å². The van der Waals surface area contributed by atoms with E-state index in [2.05, 4.69) is 67.5 Å². The summed E-state index contributed by atoms with van der Waals surface area (Å²) in [5, 5.41) is 4.76. The topological polar surface area (TPSA) is 21.3 Å². The Morgan fingerprint density at radius 2 is 1.95 bits per heavy atom. The van der Waals surface area contributed by atoms with Crippen LogP contribution in [0.25, 0.3) is 5.57 Å². The number of unbranched alkanes of at least 4 members (excludes halogenated alkanes) is 1. The highest BCUT2D eigenvalue weighted by atomic mass is 27.0. The van der Waals surface area contributed by atoms with E-state index >= 15 is 0 Å². The summed E-state index contributed by atoms with van der Waals surface area (Å²) in [5.41, 5.74) is 3.77. The molecule has 0 unspecified atom stereocenters. The fourth-order valence-corrected chi connectivity index (χ4v) is 2.83. The molecule has 1 aromatic carbocycles. The zero-order valence-corrected chi connectivity index (χ0v) is 15.3. The van der Waals surface area contributed by atoms with Gasteiger partial charge in [-0.2, -0.15) is 0 Å². The van der Waals surface area contributed by atoms with Gasteiger partial charge < -0.3 is 10.1 Å². The lowest BCUT2D eigenvalue weighted by Gasteiger charge is -2.31. The Kier molecular flexibility index (Phi) is 7.36. The summed E-state index contributed by atoms with van der Waals surface area (Å²) in [5.74, 6) is 0.940. The smallest absolute Gasteiger partial charge is 0.120 e. The molecule has 0 atom stereocenters. The van der Waals surface area contributed by atoms with E-state index in [1.807, 2.05) is 13.0 Å². The normalized spacial score (nSPS) is 15.0. The number of ether oxygens (including phenoxy) is 1. The summed E-state index contributed by atoms with van der Waals surface area (Å²) < 4.78 is 5.52. The van der Waals surface area contributed by atoms with Crippen molar-refractivity contribution in [2.75, 3.05) is 11.9 Å². The quantitative estimate of drug-likeness (QED) is 0.784.